The van der Waals surface area contributed by atoms with Crippen LogP contribution in [0.1, 0.15) is 42.9 Å². The monoisotopic (exact) mass is 347 g/mol. The molecule has 0 amide bonds. The fraction of sp³-hybridized carbons (Fsp3) is 0.333. The summed E-state index contributed by atoms with van der Waals surface area (Å²) < 4.78 is 14.1. The molecule has 1 atom stereocenters. The minimum atomic E-state index is -0.176. The summed E-state index contributed by atoms with van der Waals surface area (Å²) in [5, 5.41) is 3.63. The van der Waals surface area contributed by atoms with Gasteiger partial charge in [0, 0.05) is 16.6 Å². The Labute approximate surface area is 133 Å². The number of hydrogen-bond acceptors (Lipinski definition) is 1. The maximum absolute atomic E-state index is 12.9. The van der Waals surface area contributed by atoms with Crippen molar-refractivity contribution in [3.63, 3.8) is 0 Å². The van der Waals surface area contributed by atoms with Gasteiger partial charge in [0.05, 0.1) is 0 Å². The minimum absolute atomic E-state index is 0.176. The Bertz CT molecular complexity index is 588. The molecule has 0 saturated heterocycles. The van der Waals surface area contributed by atoms with Crippen LogP contribution in [0.3, 0.4) is 0 Å². The number of hydrogen-bond donors (Lipinski definition) is 1. The summed E-state index contributed by atoms with van der Waals surface area (Å²) >= 11 is 3.47. The van der Waals surface area contributed by atoms with Gasteiger partial charge in [-0.3, -0.25) is 0 Å². The van der Waals surface area contributed by atoms with Crippen molar-refractivity contribution in [3.8, 4) is 0 Å². The Morgan fingerprint density at radius 1 is 1.05 bits per heavy atom. The van der Waals surface area contributed by atoms with Crippen LogP contribution in [0.5, 0.6) is 0 Å². The van der Waals surface area contributed by atoms with Crippen molar-refractivity contribution in [1.29, 1.82) is 0 Å². The first-order chi connectivity index (χ1) is 10.1. The van der Waals surface area contributed by atoms with Crippen LogP contribution in [0.4, 0.5) is 4.39 Å². The molecule has 1 fully saturated rings. The predicted molar refractivity (Wildman–Crippen MR) is 87.9 cm³/mol. The number of rotatable bonds is 4. The molecule has 1 aliphatic carbocycles. The molecule has 1 saturated carbocycles. The van der Waals surface area contributed by atoms with Crippen LogP contribution in [0.15, 0.2) is 53.0 Å². The fourth-order valence-electron chi connectivity index (χ4n) is 2.96. The molecule has 21 heavy (non-hydrogen) atoms. The second-order valence-electron chi connectivity index (χ2n) is 5.86. The van der Waals surface area contributed by atoms with Crippen molar-refractivity contribution in [3.05, 3.63) is 69.9 Å². The first-order valence-electron chi connectivity index (χ1n) is 7.39. The van der Waals surface area contributed by atoms with Gasteiger partial charge in [-0.1, -0.05) is 40.2 Å². The lowest BCUT2D eigenvalue weighted by Gasteiger charge is -2.38. The Balaban J connectivity index is 1.52. The van der Waals surface area contributed by atoms with Gasteiger partial charge in [-0.15, -0.1) is 0 Å². The molecule has 0 radical (unpaired) electrons. The topological polar surface area (TPSA) is 12.0 Å². The lowest BCUT2D eigenvalue weighted by Crippen LogP contribution is -2.41. The Kier molecular flexibility index (Phi) is 4.41. The third-order valence-corrected chi connectivity index (χ3v) is 4.86. The van der Waals surface area contributed by atoms with Gasteiger partial charge in [-0.25, -0.2) is 4.39 Å². The summed E-state index contributed by atoms with van der Waals surface area (Å²) in [6, 6.07) is 16.2. The Morgan fingerprint density at radius 2 is 1.67 bits per heavy atom. The minimum Gasteiger partial charge on any atom is -0.307 e. The molecule has 1 N–H and O–H groups in total. The smallest absolute Gasteiger partial charge is 0.123 e. The zero-order chi connectivity index (χ0) is 14.8. The second-order valence-corrected chi connectivity index (χ2v) is 6.77. The zero-order valence-corrected chi connectivity index (χ0v) is 13.6. The molecule has 0 heterocycles. The van der Waals surface area contributed by atoms with Gasteiger partial charge in [-0.2, -0.15) is 0 Å². The van der Waals surface area contributed by atoms with E-state index in [-0.39, 0.29) is 11.9 Å². The highest BCUT2D eigenvalue weighted by Crippen LogP contribution is 2.38. The predicted octanol–water partition coefficient (Wildman–Crippen LogP) is 5.19. The molecule has 1 aliphatic rings. The molecule has 2 aromatic carbocycles. The molecule has 110 valence electrons. The lowest BCUT2D eigenvalue weighted by molar-refractivity contribution is 0.271. The van der Waals surface area contributed by atoms with Gasteiger partial charge in [0.1, 0.15) is 5.82 Å². The van der Waals surface area contributed by atoms with Crippen LogP contribution < -0.4 is 5.32 Å². The van der Waals surface area contributed by atoms with E-state index in [1.807, 2.05) is 12.1 Å². The highest BCUT2D eigenvalue weighted by Gasteiger charge is 2.30. The summed E-state index contributed by atoms with van der Waals surface area (Å²) in [5.74, 6) is 0.487. The molecule has 0 aliphatic heterocycles. The third kappa shape index (κ3) is 3.53. The molecule has 0 spiro atoms. The van der Waals surface area contributed by atoms with Crippen LogP contribution >= 0.6 is 15.9 Å². The number of nitrogens with one attached hydrogen (secondary N) is 1. The second kappa shape index (κ2) is 6.29. The van der Waals surface area contributed by atoms with Crippen molar-refractivity contribution < 1.29 is 4.39 Å². The Morgan fingerprint density at radius 3 is 2.29 bits per heavy atom. The SMILES string of the molecule is CC(NC1CC(c2ccc(Br)cc2)C1)c1ccc(F)cc1. The molecular weight excluding hydrogens is 329 g/mol. The fourth-order valence-corrected chi connectivity index (χ4v) is 3.23. The molecule has 3 heteroatoms. The summed E-state index contributed by atoms with van der Waals surface area (Å²) in [6.45, 7) is 2.14. The highest BCUT2D eigenvalue weighted by molar-refractivity contribution is 9.10. The molecule has 3 rings (SSSR count). The summed E-state index contributed by atoms with van der Waals surface area (Å²) in [4.78, 5) is 0. The largest absolute Gasteiger partial charge is 0.307 e. The Hall–Kier alpha value is -1.19. The van der Waals surface area contributed by atoms with Crippen molar-refractivity contribution in [2.75, 3.05) is 0 Å². The van der Waals surface area contributed by atoms with E-state index in [1.54, 1.807) is 0 Å². The molecule has 1 nitrogen and oxygen atoms in total. The van der Waals surface area contributed by atoms with Crippen LogP contribution in [-0.4, -0.2) is 6.04 Å². The molecule has 0 bridgehead atoms. The van der Waals surface area contributed by atoms with E-state index in [1.165, 1.54) is 30.5 Å². The van der Waals surface area contributed by atoms with E-state index in [4.69, 9.17) is 0 Å². The summed E-state index contributed by atoms with van der Waals surface area (Å²) in [7, 11) is 0. The normalized spacial score (nSPS) is 22.6. The molecule has 0 aromatic heterocycles. The van der Waals surface area contributed by atoms with Gasteiger partial charge in [0.15, 0.2) is 0 Å². The van der Waals surface area contributed by atoms with E-state index in [2.05, 4.69) is 52.4 Å². The van der Waals surface area contributed by atoms with Gasteiger partial charge in [-0.05, 0) is 61.1 Å². The van der Waals surface area contributed by atoms with Gasteiger partial charge < -0.3 is 5.32 Å². The first-order valence-corrected chi connectivity index (χ1v) is 8.18. The average Bonchev–Trinajstić information content (AvgIpc) is 2.44. The molecule has 1 unspecified atom stereocenters. The first kappa shape index (κ1) is 14.7. The van der Waals surface area contributed by atoms with Crippen molar-refractivity contribution in [1.82, 2.24) is 5.32 Å². The van der Waals surface area contributed by atoms with Crippen molar-refractivity contribution in [2.24, 2.45) is 0 Å². The molecular formula is C18H19BrFN. The van der Waals surface area contributed by atoms with Crippen molar-refractivity contribution >= 4 is 15.9 Å². The van der Waals surface area contributed by atoms with Crippen LogP contribution in [0.25, 0.3) is 0 Å². The number of halogens is 2. The van der Waals surface area contributed by atoms with Crippen LogP contribution in [0, 0.1) is 5.82 Å². The van der Waals surface area contributed by atoms with E-state index in [0.717, 1.165) is 10.0 Å². The standard InChI is InChI=1S/C18H19BrFN/c1-12(13-4-8-17(20)9-5-13)21-18-10-15(11-18)14-2-6-16(19)7-3-14/h2-9,12,15,18,21H,10-11H2,1H3. The average molecular weight is 348 g/mol. The quantitative estimate of drug-likeness (QED) is 0.802. The van der Waals surface area contributed by atoms with E-state index >= 15 is 0 Å². The summed E-state index contributed by atoms with van der Waals surface area (Å²) in [5.41, 5.74) is 2.56. The van der Waals surface area contributed by atoms with Crippen LogP contribution in [-0.2, 0) is 0 Å². The summed E-state index contributed by atoms with van der Waals surface area (Å²) in [6.07, 6.45) is 2.35. The van der Waals surface area contributed by atoms with E-state index in [0.29, 0.717) is 12.0 Å². The van der Waals surface area contributed by atoms with Crippen molar-refractivity contribution in [2.45, 2.75) is 37.8 Å². The van der Waals surface area contributed by atoms with E-state index in [9.17, 15) is 4.39 Å². The van der Waals surface area contributed by atoms with Gasteiger partial charge in [0.25, 0.3) is 0 Å². The van der Waals surface area contributed by atoms with Crippen LogP contribution in [0.2, 0.25) is 0 Å². The maximum Gasteiger partial charge on any atom is 0.123 e. The van der Waals surface area contributed by atoms with Gasteiger partial charge >= 0.3 is 0 Å². The van der Waals surface area contributed by atoms with Gasteiger partial charge in [0.2, 0.25) is 0 Å². The maximum atomic E-state index is 12.9. The zero-order valence-electron chi connectivity index (χ0n) is 12.0. The lowest BCUT2D eigenvalue weighted by atomic mass is 9.75. The highest BCUT2D eigenvalue weighted by atomic mass is 79.9. The third-order valence-electron chi connectivity index (χ3n) is 4.34. The molecule has 2 aromatic rings. The number of benzene rings is 2. The van der Waals surface area contributed by atoms with E-state index < -0.39 is 0 Å².